The van der Waals surface area contributed by atoms with Gasteiger partial charge in [0.15, 0.2) is 12.4 Å². The minimum absolute atomic E-state index is 0.529. The third-order valence-corrected chi connectivity index (χ3v) is 2.01. The maximum absolute atomic E-state index is 8.25. The van der Waals surface area contributed by atoms with Gasteiger partial charge in [-0.1, -0.05) is 27.7 Å². The first-order valence-electron chi connectivity index (χ1n) is 6.89. The largest absolute Gasteiger partial charge is 0.355 e. The zero-order valence-electron chi connectivity index (χ0n) is 13.9. The van der Waals surface area contributed by atoms with E-state index >= 15 is 0 Å². The van der Waals surface area contributed by atoms with Crippen LogP contribution in [0.4, 0.5) is 0 Å². The second-order valence-electron chi connectivity index (χ2n) is 5.14. The molecular weight excluding hydrogens is 266 g/mol. The SMILES string of the molecule is CC(=NCC(C)C)NC#N.CN=C(NC#N)NCC(C)C. The van der Waals surface area contributed by atoms with Crippen molar-refractivity contribution in [3.05, 3.63) is 0 Å². The van der Waals surface area contributed by atoms with E-state index in [-0.39, 0.29) is 0 Å². The molecule has 0 spiro atoms. The minimum Gasteiger partial charge on any atom is -0.355 e. The first-order valence-corrected chi connectivity index (χ1v) is 6.89. The number of nitrogens with zero attached hydrogens (tertiary/aromatic N) is 4. The lowest BCUT2D eigenvalue weighted by molar-refractivity contribution is 0.620. The van der Waals surface area contributed by atoms with Crippen molar-refractivity contribution in [1.82, 2.24) is 16.0 Å². The van der Waals surface area contributed by atoms with Crippen molar-refractivity contribution in [2.75, 3.05) is 20.1 Å². The standard InChI is InChI=1S/C7H14N4.C7H13N3/c1-6(2)4-10-7(9-3)11-5-8;1-6(2)4-9-7(3)10-5-8/h6H,4H2,1-3H3,(H2,9,10,11);6H,4H2,1-3H3,(H,9,10). The van der Waals surface area contributed by atoms with Crippen molar-refractivity contribution < 1.29 is 0 Å². The Bertz CT molecular complexity index is 397. The first kappa shape index (κ1) is 21.0. The van der Waals surface area contributed by atoms with E-state index < -0.39 is 0 Å². The Morgan fingerprint density at radius 2 is 1.62 bits per heavy atom. The summed E-state index contributed by atoms with van der Waals surface area (Å²) in [6.45, 7) is 11.7. The number of guanidine groups is 1. The molecule has 0 fully saturated rings. The van der Waals surface area contributed by atoms with E-state index in [9.17, 15) is 0 Å². The van der Waals surface area contributed by atoms with E-state index in [2.05, 4.69) is 53.6 Å². The summed E-state index contributed by atoms with van der Waals surface area (Å²) >= 11 is 0. The van der Waals surface area contributed by atoms with Gasteiger partial charge in [0.1, 0.15) is 5.84 Å². The molecule has 0 aliphatic carbocycles. The molecule has 0 atom stereocenters. The Labute approximate surface area is 128 Å². The maximum atomic E-state index is 8.25. The van der Waals surface area contributed by atoms with Crippen LogP contribution in [0.1, 0.15) is 34.6 Å². The van der Waals surface area contributed by atoms with Crippen molar-refractivity contribution >= 4 is 11.8 Å². The topological polar surface area (TPSA) is 108 Å². The van der Waals surface area contributed by atoms with Crippen molar-refractivity contribution in [1.29, 1.82) is 10.5 Å². The van der Waals surface area contributed by atoms with Gasteiger partial charge in [-0.05, 0) is 18.8 Å². The highest BCUT2D eigenvalue weighted by atomic mass is 15.2. The predicted molar refractivity (Wildman–Crippen MR) is 86.5 cm³/mol. The summed E-state index contributed by atoms with van der Waals surface area (Å²) in [5, 5.41) is 24.3. The monoisotopic (exact) mass is 293 g/mol. The molecule has 0 aromatic carbocycles. The van der Waals surface area contributed by atoms with Crippen molar-refractivity contribution in [2.24, 2.45) is 21.8 Å². The van der Waals surface area contributed by atoms with E-state index in [1.807, 2.05) is 6.19 Å². The minimum atomic E-state index is 0.529. The Morgan fingerprint density at radius 3 is 2.00 bits per heavy atom. The highest BCUT2D eigenvalue weighted by Crippen LogP contribution is 1.90. The number of hydrogen-bond donors (Lipinski definition) is 3. The van der Waals surface area contributed by atoms with Crippen LogP contribution in [0.15, 0.2) is 9.98 Å². The van der Waals surface area contributed by atoms with Gasteiger partial charge in [-0.25, -0.2) is 0 Å². The first-order chi connectivity index (χ1) is 9.87. The molecule has 0 aromatic rings. The normalized spacial score (nSPS) is 11.1. The number of nitriles is 2. The second-order valence-corrected chi connectivity index (χ2v) is 5.14. The highest BCUT2D eigenvalue weighted by Gasteiger charge is 1.96. The van der Waals surface area contributed by atoms with Crippen LogP contribution in [0, 0.1) is 34.7 Å². The second kappa shape index (κ2) is 14.1. The molecule has 0 bridgehead atoms. The fourth-order valence-corrected chi connectivity index (χ4v) is 0.973. The van der Waals surface area contributed by atoms with Crippen molar-refractivity contribution in [3.63, 3.8) is 0 Å². The summed E-state index contributed by atoms with van der Waals surface area (Å²) in [7, 11) is 1.63. The van der Waals surface area contributed by atoms with Gasteiger partial charge >= 0.3 is 0 Å². The van der Waals surface area contributed by atoms with Crippen molar-refractivity contribution in [3.8, 4) is 12.4 Å². The van der Waals surface area contributed by atoms with E-state index in [0.29, 0.717) is 23.6 Å². The summed E-state index contributed by atoms with van der Waals surface area (Å²) in [4.78, 5) is 7.92. The molecule has 0 heterocycles. The smallest absolute Gasteiger partial charge is 0.204 e. The Balaban J connectivity index is 0. The average molecular weight is 293 g/mol. The van der Waals surface area contributed by atoms with E-state index in [1.165, 1.54) is 0 Å². The molecule has 0 radical (unpaired) electrons. The lowest BCUT2D eigenvalue weighted by Crippen LogP contribution is -2.36. The zero-order valence-corrected chi connectivity index (χ0v) is 13.9. The molecule has 118 valence electrons. The lowest BCUT2D eigenvalue weighted by atomic mass is 10.2. The Kier molecular flexibility index (Phi) is 14.2. The number of amidine groups is 1. The number of hydrogen-bond acceptors (Lipinski definition) is 4. The van der Waals surface area contributed by atoms with Gasteiger partial charge in [-0.15, -0.1) is 0 Å². The quantitative estimate of drug-likeness (QED) is 0.314. The van der Waals surface area contributed by atoms with Gasteiger partial charge in [-0.2, -0.15) is 10.5 Å². The van der Waals surface area contributed by atoms with Gasteiger partial charge in [0.25, 0.3) is 0 Å². The van der Waals surface area contributed by atoms with Crippen LogP contribution >= 0.6 is 0 Å². The van der Waals surface area contributed by atoms with Crippen LogP contribution in [0.3, 0.4) is 0 Å². The highest BCUT2D eigenvalue weighted by molar-refractivity contribution is 5.81. The molecule has 7 heteroatoms. The molecule has 0 rings (SSSR count). The van der Waals surface area contributed by atoms with Crippen LogP contribution in [0.5, 0.6) is 0 Å². The molecule has 3 N–H and O–H groups in total. The van der Waals surface area contributed by atoms with Crippen LogP contribution in [0.2, 0.25) is 0 Å². The third-order valence-electron chi connectivity index (χ3n) is 2.01. The third kappa shape index (κ3) is 17.7. The molecular formula is C14H27N7. The molecule has 0 aromatic heterocycles. The van der Waals surface area contributed by atoms with Crippen LogP contribution in [-0.4, -0.2) is 31.9 Å². The molecule has 7 nitrogen and oxygen atoms in total. The zero-order chi connectivity index (χ0) is 16.7. The van der Waals surface area contributed by atoms with Crippen LogP contribution in [0.25, 0.3) is 0 Å². The van der Waals surface area contributed by atoms with Gasteiger partial charge in [0.05, 0.1) is 0 Å². The summed E-state index contributed by atoms with van der Waals surface area (Å²) in [5.74, 6) is 2.32. The number of rotatable bonds is 4. The summed E-state index contributed by atoms with van der Waals surface area (Å²) in [5.41, 5.74) is 0. The molecule has 0 aliphatic heterocycles. The Hall–Kier alpha value is -2.28. The molecule has 21 heavy (non-hydrogen) atoms. The molecule has 0 saturated carbocycles. The Morgan fingerprint density at radius 1 is 1.05 bits per heavy atom. The van der Waals surface area contributed by atoms with Gasteiger partial charge in [0.2, 0.25) is 5.96 Å². The molecule has 0 saturated heterocycles. The average Bonchev–Trinajstić information content (AvgIpc) is 2.42. The lowest BCUT2D eigenvalue weighted by Gasteiger charge is -2.08. The van der Waals surface area contributed by atoms with E-state index in [4.69, 9.17) is 10.5 Å². The van der Waals surface area contributed by atoms with Gasteiger partial charge in [0, 0.05) is 20.1 Å². The molecule has 0 aliphatic rings. The number of nitrogens with one attached hydrogen (secondary N) is 3. The van der Waals surface area contributed by atoms with Gasteiger partial charge in [-0.3, -0.25) is 20.6 Å². The van der Waals surface area contributed by atoms with E-state index in [1.54, 1.807) is 20.2 Å². The predicted octanol–water partition coefficient (Wildman–Crippen LogP) is 1.42. The summed E-state index contributed by atoms with van der Waals surface area (Å²) in [6.07, 6.45) is 3.61. The van der Waals surface area contributed by atoms with Crippen LogP contribution < -0.4 is 16.0 Å². The van der Waals surface area contributed by atoms with Gasteiger partial charge < -0.3 is 5.32 Å². The molecule has 0 unspecified atom stereocenters. The van der Waals surface area contributed by atoms with Crippen molar-refractivity contribution in [2.45, 2.75) is 34.6 Å². The summed E-state index contributed by atoms with van der Waals surface area (Å²) < 4.78 is 0. The van der Waals surface area contributed by atoms with Crippen LogP contribution in [-0.2, 0) is 0 Å². The fraction of sp³-hybridized carbons (Fsp3) is 0.714. The van der Waals surface area contributed by atoms with E-state index in [0.717, 1.165) is 13.1 Å². The number of aliphatic imine (C=N–C) groups is 2. The maximum Gasteiger partial charge on any atom is 0.204 e. The fourth-order valence-electron chi connectivity index (χ4n) is 0.973. The summed E-state index contributed by atoms with van der Waals surface area (Å²) in [6, 6.07) is 0. The molecule has 0 amide bonds.